The van der Waals surface area contributed by atoms with Crippen molar-refractivity contribution < 1.29 is 14.3 Å². The Morgan fingerprint density at radius 1 is 1.07 bits per heavy atom. The van der Waals surface area contributed by atoms with Gasteiger partial charge in [0, 0.05) is 43.6 Å². The molecule has 2 aliphatic heterocycles. The molecule has 7 nitrogen and oxygen atoms in total. The number of anilines is 2. The minimum absolute atomic E-state index is 0.0358. The number of hydrogen-bond donors (Lipinski definition) is 0. The van der Waals surface area contributed by atoms with E-state index in [4.69, 9.17) is 4.74 Å². The maximum absolute atomic E-state index is 13.1. The predicted molar refractivity (Wildman–Crippen MR) is 116 cm³/mol. The fourth-order valence-electron chi connectivity index (χ4n) is 4.13. The smallest absolute Gasteiger partial charge is 0.414 e. The Labute approximate surface area is 177 Å². The number of rotatable bonds is 4. The summed E-state index contributed by atoms with van der Waals surface area (Å²) in [5, 5.41) is 0. The van der Waals surface area contributed by atoms with E-state index in [-0.39, 0.29) is 12.0 Å². The first kappa shape index (κ1) is 20.2. The van der Waals surface area contributed by atoms with Crippen LogP contribution in [0.2, 0.25) is 0 Å². The van der Waals surface area contributed by atoms with Crippen molar-refractivity contribution in [2.24, 2.45) is 0 Å². The van der Waals surface area contributed by atoms with Crippen molar-refractivity contribution in [1.82, 2.24) is 9.88 Å². The molecule has 2 amide bonds. The summed E-state index contributed by atoms with van der Waals surface area (Å²) in [6.45, 7) is 9.94. The molecule has 1 aromatic carbocycles. The minimum Gasteiger partial charge on any atom is -0.447 e. The monoisotopic (exact) mass is 408 g/mol. The second-order valence-electron chi connectivity index (χ2n) is 7.88. The van der Waals surface area contributed by atoms with Crippen molar-refractivity contribution in [2.45, 2.75) is 27.2 Å². The van der Waals surface area contributed by atoms with Crippen LogP contribution >= 0.6 is 0 Å². The number of carbonyl (C=O) groups excluding carboxylic acids is 2. The van der Waals surface area contributed by atoms with Crippen LogP contribution in [0.3, 0.4) is 0 Å². The fourth-order valence-corrected chi connectivity index (χ4v) is 4.13. The van der Waals surface area contributed by atoms with Crippen LogP contribution in [0.15, 0.2) is 30.5 Å². The standard InChI is InChI=1S/C23H28N4O3/c1-4-18-13-17(3)21(24-15-18)25-7-9-26(10-8-25)22(28)20-6-5-19(14-16(20)2)27-11-12-30-23(27)29/h5-6,13-15H,4,7-12H2,1-3H3. The molecule has 0 radical (unpaired) electrons. The number of carbonyl (C=O) groups is 2. The molecule has 30 heavy (non-hydrogen) atoms. The van der Waals surface area contributed by atoms with E-state index in [1.165, 1.54) is 11.1 Å². The van der Waals surface area contributed by atoms with E-state index in [2.05, 4.69) is 29.8 Å². The van der Waals surface area contributed by atoms with Crippen molar-refractivity contribution in [2.75, 3.05) is 49.1 Å². The number of aromatic nitrogens is 1. The summed E-state index contributed by atoms with van der Waals surface area (Å²) in [5.41, 5.74) is 4.74. The Kier molecular flexibility index (Phi) is 5.61. The number of pyridine rings is 1. The van der Waals surface area contributed by atoms with Crippen LogP contribution < -0.4 is 9.80 Å². The first-order valence-electron chi connectivity index (χ1n) is 10.5. The van der Waals surface area contributed by atoms with Crippen LogP contribution in [-0.2, 0) is 11.2 Å². The number of amides is 2. The van der Waals surface area contributed by atoms with Gasteiger partial charge in [-0.2, -0.15) is 0 Å². The molecular formula is C23H28N4O3. The van der Waals surface area contributed by atoms with Gasteiger partial charge in [-0.3, -0.25) is 9.69 Å². The topological polar surface area (TPSA) is 66.0 Å². The third-order valence-electron chi connectivity index (χ3n) is 5.89. The van der Waals surface area contributed by atoms with Crippen LogP contribution in [0.4, 0.5) is 16.3 Å². The summed E-state index contributed by atoms with van der Waals surface area (Å²) in [6.07, 6.45) is 2.59. The number of benzene rings is 1. The zero-order chi connectivity index (χ0) is 21.3. The minimum atomic E-state index is -0.333. The first-order chi connectivity index (χ1) is 14.5. The van der Waals surface area contributed by atoms with E-state index in [1.54, 1.807) is 4.90 Å². The molecule has 2 aromatic rings. The first-order valence-corrected chi connectivity index (χ1v) is 10.5. The maximum atomic E-state index is 13.1. The zero-order valence-electron chi connectivity index (χ0n) is 17.9. The molecule has 2 fully saturated rings. The van der Waals surface area contributed by atoms with Gasteiger partial charge in [0.15, 0.2) is 0 Å². The Morgan fingerprint density at radius 2 is 1.83 bits per heavy atom. The van der Waals surface area contributed by atoms with Crippen LogP contribution in [0.5, 0.6) is 0 Å². The van der Waals surface area contributed by atoms with Crippen molar-refractivity contribution in [3.63, 3.8) is 0 Å². The second-order valence-corrected chi connectivity index (χ2v) is 7.88. The molecule has 7 heteroatoms. The quantitative estimate of drug-likeness (QED) is 0.777. The zero-order valence-corrected chi connectivity index (χ0v) is 17.9. The highest BCUT2D eigenvalue weighted by Gasteiger charge is 2.27. The lowest BCUT2D eigenvalue weighted by Gasteiger charge is -2.36. The molecule has 0 saturated carbocycles. The highest BCUT2D eigenvalue weighted by atomic mass is 16.6. The molecule has 4 rings (SSSR count). The van der Waals surface area contributed by atoms with E-state index in [1.807, 2.05) is 36.2 Å². The van der Waals surface area contributed by atoms with Crippen LogP contribution in [0.1, 0.15) is 34.0 Å². The number of aryl methyl sites for hydroxylation is 3. The molecule has 2 aliphatic rings. The van der Waals surface area contributed by atoms with Gasteiger partial charge in [0.1, 0.15) is 12.4 Å². The molecule has 0 N–H and O–H groups in total. The van der Waals surface area contributed by atoms with Crippen molar-refractivity contribution in [3.05, 3.63) is 52.7 Å². The highest BCUT2D eigenvalue weighted by Crippen LogP contribution is 2.24. The molecule has 3 heterocycles. The average Bonchev–Trinajstić information content (AvgIpc) is 3.19. The second kappa shape index (κ2) is 8.34. The van der Waals surface area contributed by atoms with Crippen molar-refractivity contribution in [3.8, 4) is 0 Å². The van der Waals surface area contributed by atoms with Gasteiger partial charge in [0.05, 0.1) is 6.54 Å². The summed E-state index contributed by atoms with van der Waals surface area (Å²) in [4.78, 5) is 35.3. The summed E-state index contributed by atoms with van der Waals surface area (Å²) in [7, 11) is 0. The van der Waals surface area contributed by atoms with Gasteiger partial charge in [0.25, 0.3) is 5.91 Å². The number of nitrogens with zero attached hydrogens (tertiary/aromatic N) is 4. The summed E-state index contributed by atoms with van der Waals surface area (Å²) >= 11 is 0. The number of ether oxygens (including phenoxy) is 1. The Hall–Kier alpha value is -3.09. The van der Waals surface area contributed by atoms with Gasteiger partial charge in [-0.15, -0.1) is 0 Å². The van der Waals surface area contributed by atoms with E-state index < -0.39 is 0 Å². The lowest BCUT2D eigenvalue weighted by Crippen LogP contribution is -2.49. The highest BCUT2D eigenvalue weighted by molar-refractivity contribution is 5.97. The maximum Gasteiger partial charge on any atom is 0.414 e. The molecule has 0 atom stereocenters. The Morgan fingerprint density at radius 3 is 2.43 bits per heavy atom. The Bertz CT molecular complexity index is 967. The number of hydrogen-bond acceptors (Lipinski definition) is 5. The van der Waals surface area contributed by atoms with E-state index in [0.29, 0.717) is 31.8 Å². The third-order valence-corrected chi connectivity index (χ3v) is 5.89. The molecule has 0 aliphatic carbocycles. The van der Waals surface area contributed by atoms with Gasteiger partial charge >= 0.3 is 6.09 Å². The van der Waals surface area contributed by atoms with Gasteiger partial charge in [-0.1, -0.05) is 13.0 Å². The van der Waals surface area contributed by atoms with E-state index in [9.17, 15) is 9.59 Å². The molecular weight excluding hydrogens is 380 g/mol. The van der Waals surface area contributed by atoms with E-state index >= 15 is 0 Å². The molecule has 1 aromatic heterocycles. The molecule has 0 unspecified atom stereocenters. The van der Waals surface area contributed by atoms with Gasteiger partial charge in [-0.25, -0.2) is 9.78 Å². The van der Waals surface area contributed by atoms with Crippen LogP contribution in [-0.4, -0.2) is 61.2 Å². The summed E-state index contributed by atoms with van der Waals surface area (Å²) in [5.74, 6) is 1.05. The summed E-state index contributed by atoms with van der Waals surface area (Å²) < 4.78 is 5.00. The normalized spacial score (nSPS) is 16.8. The lowest BCUT2D eigenvalue weighted by atomic mass is 10.1. The summed E-state index contributed by atoms with van der Waals surface area (Å²) in [6, 6.07) is 7.73. The van der Waals surface area contributed by atoms with Crippen LogP contribution in [0, 0.1) is 13.8 Å². The van der Waals surface area contributed by atoms with Crippen LogP contribution in [0.25, 0.3) is 0 Å². The molecule has 0 spiro atoms. The lowest BCUT2D eigenvalue weighted by molar-refractivity contribution is 0.0746. The fraction of sp³-hybridized carbons (Fsp3) is 0.435. The van der Waals surface area contributed by atoms with Gasteiger partial charge in [0.2, 0.25) is 0 Å². The van der Waals surface area contributed by atoms with Gasteiger partial charge < -0.3 is 14.5 Å². The Balaban J connectivity index is 1.42. The number of piperazine rings is 1. The third kappa shape index (κ3) is 3.84. The van der Waals surface area contributed by atoms with Gasteiger partial charge in [-0.05, 0) is 55.2 Å². The molecule has 0 bridgehead atoms. The predicted octanol–water partition coefficient (Wildman–Crippen LogP) is 3.18. The van der Waals surface area contributed by atoms with Crippen molar-refractivity contribution in [1.29, 1.82) is 0 Å². The largest absolute Gasteiger partial charge is 0.447 e. The molecule has 2 saturated heterocycles. The average molecular weight is 409 g/mol. The number of cyclic esters (lactones) is 1. The van der Waals surface area contributed by atoms with E-state index in [0.717, 1.165) is 36.6 Å². The van der Waals surface area contributed by atoms with Crippen molar-refractivity contribution >= 4 is 23.5 Å². The SMILES string of the molecule is CCc1cnc(N2CCN(C(=O)c3ccc(N4CCOC4=O)cc3C)CC2)c(C)c1. The molecule has 158 valence electrons.